The van der Waals surface area contributed by atoms with Gasteiger partial charge in [0.25, 0.3) is 0 Å². The van der Waals surface area contributed by atoms with Gasteiger partial charge in [0.15, 0.2) is 0 Å². The van der Waals surface area contributed by atoms with Gasteiger partial charge in [-0.05, 0) is 19.4 Å². The first kappa shape index (κ1) is 17.8. The highest BCUT2D eigenvalue weighted by atomic mass is 16.5. The van der Waals surface area contributed by atoms with Crippen molar-refractivity contribution in [3.8, 4) is 5.75 Å². The molecule has 2 rings (SSSR count). The van der Waals surface area contributed by atoms with Gasteiger partial charge in [-0.15, -0.1) is 0 Å². The van der Waals surface area contributed by atoms with E-state index in [1.807, 2.05) is 36.9 Å². The number of ether oxygens (including phenoxy) is 1. The summed E-state index contributed by atoms with van der Waals surface area (Å²) in [5.41, 5.74) is 1.16. The van der Waals surface area contributed by atoms with Crippen LogP contribution in [0.1, 0.15) is 32.3 Å². The predicted octanol–water partition coefficient (Wildman–Crippen LogP) is 1.89. The van der Waals surface area contributed by atoms with Gasteiger partial charge in [0.05, 0.1) is 6.61 Å². The van der Waals surface area contributed by atoms with Crippen molar-refractivity contribution in [3.05, 3.63) is 29.8 Å². The van der Waals surface area contributed by atoms with Crippen molar-refractivity contribution < 1.29 is 14.6 Å². The van der Waals surface area contributed by atoms with Crippen molar-refractivity contribution >= 4 is 5.91 Å². The Morgan fingerprint density at radius 3 is 2.78 bits per heavy atom. The lowest BCUT2D eigenvalue weighted by Crippen LogP contribution is -2.54. The summed E-state index contributed by atoms with van der Waals surface area (Å²) in [6, 6.07) is 8.29. The molecule has 1 aromatic carbocycles. The van der Waals surface area contributed by atoms with Crippen LogP contribution in [-0.4, -0.2) is 59.7 Å². The highest BCUT2D eigenvalue weighted by molar-refractivity contribution is 5.76. The number of hydrogen-bond donors (Lipinski definition) is 1. The van der Waals surface area contributed by atoms with Crippen LogP contribution >= 0.6 is 0 Å². The third-order valence-electron chi connectivity index (χ3n) is 4.37. The van der Waals surface area contributed by atoms with Crippen LogP contribution in [0.3, 0.4) is 0 Å². The van der Waals surface area contributed by atoms with E-state index >= 15 is 0 Å². The number of carbonyl (C=O) groups is 1. The van der Waals surface area contributed by atoms with Crippen molar-refractivity contribution in [3.63, 3.8) is 0 Å². The number of piperazine rings is 1. The van der Waals surface area contributed by atoms with E-state index in [0.29, 0.717) is 26.0 Å². The van der Waals surface area contributed by atoms with Crippen molar-refractivity contribution in [2.24, 2.45) is 0 Å². The Kier molecular flexibility index (Phi) is 6.86. The van der Waals surface area contributed by atoms with Crippen LogP contribution in [0.4, 0.5) is 0 Å². The number of carbonyl (C=O) groups excluding carboxylic acids is 1. The third kappa shape index (κ3) is 4.69. The lowest BCUT2D eigenvalue weighted by Gasteiger charge is -2.41. The van der Waals surface area contributed by atoms with Crippen molar-refractivity contribution in [1.82, 2.24) is 9.80 Å². The number of hydrogen-bond acceptors (Lipinski definition) is 4. The van der Waals surface area contributed by atoms with E-state index in [1.165, 1.54) is 0 Å². The number of aliphatic hydroxyl groups is 1. The van der Waals surface area contributed by atoms with Crippen LogP contribution < -0.4 is 4.74 Å². The zero-order valence-corrected chi connectivity index (χ0v) is 14.2. The van der Waals surface area contributed by atoms with Gasteiger partial charge in [-0.1, -0.05) is 25.1 Å². The van der Waals surface area contributed by atoms with E-state index in [0.717, 1.165) is 30.9 Å². The van der Waals surface area contributed by atoms with Gasteiger partial charge in [0.1, 0.15) is 5.75 Å². The molecule has 128 valence electrons. The fraction of sp³-hybridized carbons (Fsp3) is 0.611. The monoisotopic (exact) mass is 320 g/mol. The number of rotatable bonds is 7. The minimum Gasteiger partial charge on any atom is -0.494 e. The molecule has 0 spiro atoms. The average Bonchev–Trinajstić information content (AvgIpc) is 2.58. The normalized spacial score (nSPS) is 18.9. The van der Waals surface area contributed by atoms with Crippen molar-refractivity contribution in [2.75, 3.05) is 32.8 Å². The lowest BCUT2D eigenvalue weighted by molar-refractivity contribution is -0.134. The maximum absolute atomic E-state index is 11.9. The minimum absolute atomic E-state index is 0.141. The van der Waals surface area contributed by atoms with E-state index < -0.39 is 0 Å². The summed E-state index contributed by atoms with van der Waals surface area (Å²) >= 11 is 0. The summed E-state index contributed by atoms with van der Waals surface area (Å²) in [7, 11) is 0. The van der Waals surface area contributed by atoms with Crippen molar-refractivity contribution in [1.29, 1.82) is 0 Å². The molecule has 0 aromatic heterocycles. The van der Waals surface area contributed by atoms with Gasteiger partial charge in [-0.3, -0.25) is 9.69 Å². The van der Waals surface area contributed by atoms with Crippen LogP contribution in [0.5, 0.6) is 5.75 Å². The van der Waals surface area contributed by atoms with E-state index in [9.17, 15) is 9.90 Å². The summed E-state index contributed by atoms with van der Waals surface area (Å²) < 4.78 is 5.71. The molecule has 1 heterocycles. The maximum Gasteiger partial charge on any atom is 0.222 e. The molecule has 1 atom stereocenters. The summed E-state index contributed by atoms with van der Waals surface area (Å²) in [4.78, 5) is 16.2. The zero-order valence-electron chi connectivity index (χ0n) is 14.2. The summed E-state index contributed by atoms with van der Waals surface area (Å²) in [6.45, 7) is 7.74. The third-order valence-corrected chi connectivity index (χ3v) is 4.37. The fourth-order valence-electron chi connectivity index (χ4n) is 3.12. The second kappa shape index (κ2) is 8.89. The molecule has 1 amide bonds. The number of amides is 1. The number of benzene rings is 1. The highest BCUT2D eigenvalue weighted by Crippen LogP contribution is 2.23. The summed E-state index contributed by atoms with van der Waals surface area (Å²) in [5, 5.41) is 9.37. The quantitative estimate of drug-likeness (QED) is 0.833. The van der Waals surface area contributed by atoms with Gasteiger partial charge < -0.3 is 14.7 Å². The Morgan fingerprint density at radius 1 is 1.30 bits per heavy atom. The first-order valence-electron chi connectivity index (χ1n) is 8.53. The molecule has 5 nitrogen and oxygen atoms in total. The Morgan fingerprint density at radius 2 is 2.09 bits per heavy atom. The molecule has 0 aliphatic carbocycles. The Labute approximate surface area is 138 Å². The molecule has 1 aromatic rings. The topological polar surface area (TPSA) is 53.0 Å². The average molecular weight is 320 g/mol. The molecule has 1 N–H and O–H groups in total. The van der Waals surface area contributed by atoms with Crippen LogP contribution in [0, 0.1) is 0 Å². The van der Waals surface area contributed by atoms with Gasteiger partial charge >= 0.3 is 0 Å². The first-order chi connectivity index (χ1) is 11.2. The molecule has 0 bridgehead atoms. The first-order valence-corrected chi connectivity index (χ1v) is 8.53. The number of para-hydroxylation sites is 1. The van der Waals surface area contributed by atoms with E-state index in [4.69, 9.17) is 4.74 Å². The Bertz CT molecular complexity index is 507. The second-order valence-corrected chi connectivity index (χ2v) is 5.87. The summed E-state index contributed by atoms with van der Waals surface area (Å²) in [6.07, 6.45) is 1.23. The van der Waals surface area contributed by atoms with Crippen molar-refractivity contribution in [2.45, 2.75) is 39.3 Å². The number of nitrogens with zero attached hydrogens (tertiary/aromatic N) is 2. The van der Waals surface area contributed by atoms with Gasteiger partial charge in [0.2, 0.25) is 5.91 Å². The fourth-order valence-corrected chi connectivity index (χ4v) is 3.12. The van der Waals surface area contributed by atoms with E-state index in [2.05, 4.69) is 11.0 Å². The van der Waals surface area contributed by atoms with Crippen LogP contribution in [0.25, 0.3) is 0 Å². The maximum atomic E-state index is 11.9. The van der Waals surface area contributed by atoms with Gasteiger partial charge in [0, 0.05) is 50.8 Å². The highest BCUT2D eigenvalue weighted by Gasteiger charge is 2.29. The van der Waals surface area contributed by atoms with Crippen LogP contribution in [0.2, 0.25) is 0 Å². The molecule has 5 heteroatoms. The zero-order chi connectivity index (χ0) is 16.7. The molecule has 1 saturated heterocycles. The largest absolute Gasteiger partial charge is 0.494 e. The molecule has 0 unspecified atom stereocenters. The molecule has 1 aliphatic heterocycles. The molecule has 1 fully saturated rings. The van der Waals surface area contributed by atoms with Gasteiger partial charge in [-0.25, -0.2) is 0 Å². The molecular weight excluding hydrogens is 292 g/mol. The molecular formula is C18H28N2O3. The molecule has 1 aliphatic rings. The molecule has 0 saturated carbocycles. The summed E-state index contributed by atoms with van der Waals surface area (Å²) in [5.74, 6) is 1.12. The standard InChI is InChI=1S/C18H28N2O3/c1-3-18(22)20-11-10-19(16(14-20)9-12-21)13-15-7-5-6-8-17(15)23-4-2/h5-8,16,21H,3-4,9-14H2,1-2H3/t16-/m0/s1. The Hall–Kier alpha value is -1.59. The molecule has 0 radical (unpaired) electrons. The smallest absolute Gasteiger partial charge is 0.222 e. The van der Waals surface area contributed by atoms with E-state index in [1.54, 1.807) is 0 Å². The predicted molar refractivity (Wildman–Crippen MR) is 90.4 cm³/mol. The minimum atomic E-state index is 0.141. The SMILES string of the molecule is CCOc1ccccc1CN1CCN(C(=O)CC)C[C@@H]1CCO. The number of aliphatic hydroxyl groups excluding tert-OH is 1. The Balaban J connectivity index is 2.08. The van der Waals surface area contributed by atoms with Crippen LogP contribution in [0.15, 0.2) is 24.3 Å². The van der Waals surface area contributed by atoms with Crippen LogP contribution in [-0.2, 0) is 11.3 Å². The lowest BCUT2D eigenvalue weighted by atomic mass is 10.1. The second-order valence-electron chi connectivity index (χ2n) is 5.87. The molecule has 23 heavy (non-hydrogen) atoms. The van der Waals surface area contributed by atoms with E-state index in [-0.39, 0.29) is 18.6 Å². The van der Waals surface area contributed by atoms with Gasteiger partial charge in [-0.2, -0.15) is 0 Å².